The average molecular weight is 312 g/mol. The number of carbonyl (C=O) groups is 1. The Labute approximate surface area is 131 Å². The minimum Gasteiger partial charge on any atom is -0.480 e. The summed E-state index contributed by atoms with van der Waals surface area (Å²) >= 11 is 0. The van der Waals surface area contributed by atoms with E-state index >= 15 is 0 Å². The van der Waals surface area contributed by atoms with E-state index in [2.05, 4.69) is 10.2 Å². The molecular weight excluding hydrogens is 296 g/mol. The van der Waals surface area contributed by atoms with Gasteiger partial charge in [0.15, 0.2) is 11.6 Å². The number of aromatic nitrogens is 4. The molecule has 3 aromatic rings. The smallest absolute Gasteiger partial charge is 0.328 e. The zero-order valence-corrected chi connectivity index (χ0v) is 13.0. The molecule has 2 aromatic heterocycles. The van der Waals surface area contributed by atoms with Gasteiger partial charge in [0, 0.05) is 0 Å². The monoisotopic (exact) mass is 312 g/mol. The van der Waals surface area contributed by atoms with E-state index in [0.717, 1.165) is 16.1 Å². The quantitative estimate of drug-likeness (QED) is 0.797. The van der Waals surface area contributed by atoms with Gasteiger partial charge in [-0.2, -0.15) is 10.2 Å². The molecular formula is C16H16N4O3. The minimum atomic E-state index is -1.11. The standard InChI is InChI=1S/C16H16N4O3/c1-9-13-10(2)19(12-7-5-4-6-8-12)18-14(13)15(21)20(17-9)11(3)16(22)23/h4-8,11H,1-3H3,(H,22,23). The lowest BCUT2D eigenvalue weighted by Crippen LogP contribution is -2.31. The van der Waals surface area contributed by atoms with Crippen LogP contribution in [-0.2, 0) is 4.79 Å². The molecule has 118 valence electrons. The topological polar surface area (TPSA) is 90.0 Å². The van der Waals surface area contributed by atoms with E-state index in [-0.39, 0.29) is 5.52 Å². The summed E-state index contributed by atoms with van der Waals surface area (Å²) in [4.78, 5) is 23.8. The molecule has 0 aliphatic rings. The maximum absolute atomic E-state index is 12.6. The predicted molar refractivity (Wildman–Crippen MR) is 84.9 cm³/mol. The van der Waals surface area contributed by atoms with Crippen molar-refractivity contribution >= 4 is 16.9 Å². The first-order valence-electron chi connectivity index (χ1n) is 7.18. The highest BCUT2D eigenvalue weighted by molar-refractivity contribution is 5.83. The average Bonchev–Trinajstić information content (AvgIpc) is 2.89. The van der Waals surface area contributed by atoms with Crippen molar-refractivity contribution in [1.82, 2.24) is 19.6 Å². The van der Waals surface area contributed by atoms with Gasteiger partial charge in [-0.1, -0.05) is 18.2 Å². The third-order valence-electron chi connectivity index (χ3n) is 3.87. The lowest BCUT2D eigenvalue weighted by Gasteiger charge is -2.10. The second kappa shape index (κ2) is 5.35. The number of nitrogens with zero attached hydrogens (tertiary/aromatic N) is 4. The first-order chi connectivity index (χ1) is 10.9. The SMILES string of the molecule is Cc1nn(C(C)C(=O)O)c(=O)c2nn(-c3ccccc3)c(C)c12. The summed E-state index contributed by atoms with van der Waals surface area (Å²) in [7, 11) is 0. The second-order valence-corrected chi connectivity index (χ2v) is 5.41. The molecule has 7 nitrogen and oxygen atoms in total. The van der Waals surface area contributed by atoms with Gasteiger partial charge in [-0.3, -0.25) is 4.79 Å². The van der Waals surface area contributed by atoms with E-state index in [1.165, 1.54) is 6.92 Å². The number of fused-ring (bicyclic) bond motifs is 1. The molecule has 2 heterocycles. The van der Waals surface area contributed by atoms with Crippen molar-refractivity contribution in [2.75, 3.05) is 0 Å². The molecule has 0 aliphatic carbocycles. The van der Waals surface area contributed by atoms with Crippen LogP contribution in [-0.4, -0.2) is 30.6 Å². The fourth-order valence-corrected chi connectivity index (χ4v) is 2.64. The number of aliphatic carboxylic acids is 1. The summed E-state index contributed by atoms with van der Waals surface area (Å²) in [5.74, 6) is -1.11. The molecule has 0 saturated carbocycles. The van der Waals surface area contributed by atoms with E-state index in [1.807, 2.05) is 37.3 Å². The van der Waals surface area contributed by atoms with E-state index in [1.54, 1.807) is 11.6 Å². The Hall–Kier alpha value is -2.96. The van der Waals surface area contributed by atoms with Crippen LogP contribution in [0.2, 0.25) is 0 Å². The Kier molecular flexibility index (Phi) is 3.48. The van der Waals surface area contributed by atoms with Crippen LogP contribution in [0.5, 0.6) is 0 Å². The first-order valence-corrected chi connectivity index (χ1v) is 7.18. The number of rotatable bonds is 3. The molecule has 0 saturated heterocycles. The second-order valence-electron chi connectivity index (χ2n) is 5.41. The largest absolute Gasteiger partial charge is 0.480 e. The highest BCUT2D eigenvalue weighted by atomic mass is 16.4. The Bertz CT molecular complexity index is 957. The summed E-state index contributed by atoms with van der Waals surface area (Å²) in [5, 5.41) is 18.4. The molecule has 1 N–H and O–H groups in total. The van der Waals surface area contributed by atoms with Crippen molar-refractivity contribution in [3.05, 3.63) is 52.1 Å². The molecule has 3 rings (SSSR count). The van der Waals surface area contributed by atoms with Gasteiger partial charge >= 0.3 is 5.97 Å². The Morgan fingerprint density at radius 1 is 1.17 bits per heavy atom. The first kappa shape index (κ1) is 15.0. The highest BCUT2D eigenvalue weighted by Crippen LogP contribution is 2.21. The molecule has 0 radical (unpaired) electrons. The van der Waals surface area contributed by atoms with E-state index in [9.17, 15) is 9.59 Å². The van der Waals surface area contributed by atoms with Crippen LogP contribution in [0.1, 0.15) is 24.4 Å². The van der Waals surface area contributed by atoms with Gasteiger partial charge in [0.1, 0.15) is 0 Å². The summed E-state index contributed by atoms with van der Waals surface area (Å²) in [6.45, 7) is 5.03. The molecule has 1 unspecified atom stereocenters. The van der Waals surface area contributed by atoms with Crippen molar-refractivity contribution < 1.29 is 9.90 Å². The minimum absolute atomic E-state index is 0.229. The Morgan fingerprint density at radius 2 is 1.83 bits per heavy atom. The maximum Gasteiger partial charge on any atom is 0.328 e. The van der Waals surface area contributed by atoms with Crippen molar-refractivity contribution in [3.63, 3.8) is 0 Å². The van der Waals surface area contributed by atoms with Crippen molar-refractivity contribution in [1.29, 1.82) is 0 Å². The molecule has 0 amide bonds. The fourth-order valence-electron chi connectivity index (χ4n) is 2.64. The van der Waals surface area contributed by atoms with Crippen LogP contribution in [0, 0.1) is 13.8 Å². The Morgan fingerprint density at radius 3 is 2.43 bits per heavy atom. The molecule has 0 spiro atoms. The molecule has 1 aromatic carbocycles. The van der Waals surface area contributed by atoms with Gasteiger partial charge < -0.3 is 5.11 Å². The third kappa shape index (κ3) is 2.30. The number of para-hydroxylation sites is 1. The number of hydrogen-bond donors (Lipinski definition) is 1. The van der Waals surface area contributed by atoms with Gasteiger partial charge in [0.25, 0.3) is 5.56 Å². The zero-order chi connectivity index (χ0) is 16.7. The van der Waals surface area contributed by atoms with Crippen LogP contribution in [0.15, 0.2) is 35.1 Å². The van der Waals surface area contributed by atoms with Crippen LogP contribution in [0.3, 0.4) is 0 Å². The van der Waals surface area contributed by atoms with Crippen LogP contribution < -0.4 is 5.56 Å². The number of aryl methyl sites for hydroxylation is 2. The number of hydrogen-bond acceptors (Lipinski definition) is 4. The molecule has 1 atom stereocenters. The zero-order valence-electron chi connectivity index (χ0n) is 13.0. The van der Waals surface area contributed by atoms with E-state index in [0.29, 0.717) is 11.1 Å². The molecule has 0 aliphatic heterocycles. The molecule has 23 heavy (non-hydrogen) atoms. The van der Waals surface area contributed by atoms with E-state index in [4.69, 9.17) is 5.11 Å². The summed E-state index contributed by atoms with van der Waals surface area (Å²) in [5.41, 5.74) is 1.93. The van der Waals surface area contributed by atoms with Crippen LogP contribution in [0.25, 0.3) is 16.6 Å². The maximum atomic E-state index is 12.6. The van der Waals surface area contributed by atoms with Crippen LogP contribution >= 0.6 is 0 Å². The third-order valence-corrected chi connectivity index (χ3v) is 3.87. The summed E-state index contributed by atoms with van der Waals surface area (Å²) < 4.78 is 2.65. The lowest BCUT2D eigenvalue weighted by molar-refractivity contribution is -0.140. The van der Waals surface area contributed by atoms with E-state index < -0.39 is 17.6 Å². The van der Waals surface area contributed by atoms with Crippen molar-refractivity contribution in [2.45, 2.75) is 26.8 Å². The normalized spacial score (nSPS) is 12.5. The fraction of sp³-hybridized carbons (Fsp3) is 0.250. The number of carboxylic acid groups (broad SMARTS) is 1. The molecule has 0 fully saturated rings. The molecule has 0 bridgehead atoms. The summed E-state index contributed by atoms with van der Waals surface area (Å²) in [6.07, 6.45) is 0. The highest BCUT2D eigenvalue weighted by Gasteiger charge is 2.22. The number of benzene rings is 1. The van der Waals surface area contributed by atoms with Gasteiger partial charge in [0.05, 0.1) is 22.5 Å². The van der Waals surface area contributed by atoms with Gasteiger partial charge in [-0.25, -0.2) is 14.2 Å². The van der Waals surface area contributed by atoms with Gasteiger partial charge in [0.2, 0.25) is 0 Å². The van der Waals surface area contributed by atoms with Crippen LogP contribution in [0.4, 0.5) is 0 Å². The lowest BCUT2D eigenvalue weighted by atomic mass is 10.2. The number of carboxylic acids is 1. The van der Waals surface area contributed by atoms with Crippen molar-refractivity contribution in [2.24, 2.45) is 0 Å². The predicted octanol–water partition coefficient (Wildman–Crippen LogP) is 1.84. The Balaban J connectivity index is 2.33. The summed E-state index contributed by atoms with van der Waals surface area (Å²) in [6, 6.07) is 8.40. The van der Waals surface area contributed by atoms with Crippen molar-refractivity contribution in [3.8, 4) is 5.69 Å². The van der Waals surface area contributed by atoms with Gasteiger partial charge in [-0.15, -0.1) is 0 Å². The molecule has 7 heteroatoms. The van der Waals surface area contributed by atoms with Gasteiger partial charge in [-0.05, 0) is 32.9 Å².